The summed E-state index contributed by atoms with van der Waals surface area (Å²) < 4.78 is 0. The monoisotopic (exact) mass is 361 g/mol. The first-order valence-electron chi connectivity index (χ1n) is 8.88. The Morgan fingerprint density at radius 3 is 2.50 bits per heavy atom. The summed E-state index contributed by atoms with van der Waals surface area (Å²) in [5.74, 6) is -1.28. The molecule has 1 amide bonds. The minimum absolute atomic E-state index is 0.0734. The summed E-state index contributed by atoms with van der Waals surface area (Å²) in [7, 11) is 0. The van der Waals surface area contributed by atoms with Crippen LogP contribution in [0.1, 0.15) is 43.0 Å². The van der Waals surface area contributed by atoms with Gasteiger partial charge in [-0.1, -0.05) is 0 Å². The van der Waals surface area contributed by atoms with E-state index in [4.69, 9.17) is 0 Å². The SMILES string of the molecule is CC1(C(=O)O)CCCN(C(=O)c2ccc(N3CCCC3)c([N+](=O)[O-])c2)C1. The maximum Gasteiger partial charge on any atom is 0.311 e. The van der Waals surface area contributed by atoms with Crippen molar-refractivity contribution in [1.82, 2.24) is 4.90 Å². The number of nitrogens with zero attached hydrogens (tertiary/aromatic N) is 3. The molecule has 3 rings (SSSR count). The maximum absolute atomic E-state index is 12.8. The van der Waals surface area contributed by atoms with Crippen LogP contribution < -0.4 is 4.90 Å². The zero-order chi connectivity index (χ0) is 18.9. The van der Waals surface area contributed by atoms with Gasteiger partial charge in [-0.2, -0.15) is 0 Å². The average Bonchev–Trinajstić information content (AvgIpc) is 3.15. The van der Waals surface area contributed by atoms with Gasteiger partial charge in [0.05, 0.1) is 10.3 Å². The number of carbonyl (C=O) groups excluding carboxylic acids is 1. The van der Waals surface area contributed by atoms with Gasteiger partial charge in [0, 0.05) is 37.8 Å². The molecule has 1 aromatic rings. The summed E-state index contributed by atoms with van der Waals surface area (Å²) >= 11 is 0. The van der Waals surface area contributed by atoms with E-state index in [9.17, 15) is 24.8 Å². The Morgan fingerprint density at radius 1 is 1.19 bits per heavy atom. The number of amides is 1. The Bertz CT molecular complexity index is 744. The topological polar surface area (TPSA) is 104 Å². The fourth-order valence-electron chi connectivity index (χ4n) is 3.80. The van der Waals surface area contributed by atoms with Crippen LogP contribution in [-0.4, -0.2) is 53.0 Å². The molecule has 0 radical (unpaired) electrons. The van der Waals surface area contributed by atoms with E-state index < -0.39 is 16.3 Å². The molecular formula is C18H23N3O5. The molecule has 2 aliphatic rings. The number of likely N-dealkylation sites (tertiary alicyclic amines) is 1. The van der Waals surface area contributed by atoms with Crippen LogP contribution in [0, 0.1) is 15.5 Å². The molecule has 2 aliphatic heterocycles. The number of carbonyl (C=O) groups is 2. The Kier molecular flexibility index (Phi) is 4.84. The van der Waals surface area contributed by atoms with Gasteiger partial charge in [0.2, 0.25) is 0 Å². The number of hydrogen-bond acceptors (Lipinski definition) is 5. The number of nitro benzene ring substituents is 1. The van der Waals surface area contributed by atoms with E-state index in [1.54, 1.807) is 19.1 Å². The van der Waals surface area contributed by atoms with Gasteiger partial charge in [-0.25, -0.2) is 0 Å². The molecule has 140 valence electrons. The van der Waals surface area contributed by atoms with E-state index in [2.05, 4.69) is 0 Å². The molecule has 26 heavy (non-hydrogen) atoms. The summed E-state index contributed by atoms with van der Waals surface area (Å²) in [5, 5.41) is 20.9. The molecule has 8 nitrogen and oxygen atoms in total. The number of hydrogen-bond donors (Lipinski definition) is 1. The normalized spacial score (nSPS) is 23.1. The van der Waals surface area contributed by atoms with Crippen molar-refractivity contribution < 1.29 is 19.6 Å². The lowest BCUT2D eigenvalue weighted by Crippen LogP contribution is -2.48. The zero-order valence-corrected chi connectivity index (χ0v) is 14.8. The summed E-state index contributed by atoms with van der Waals surface area (Å²) in [6, 6.07) is 4.56. The fourth-order valence-corrected chi connectivity index (χ4v) is 3.80. The van der Waals surface area contributed by atoms with E-state index in [-0.39, 0.29) is 23.7 Å². The highest BCUT2D eigenvalue weighted by atomic mass is 16.6. The predicted octanol–water partition coefficient (Wildman–Crippen LogP) is 2.52. The highest BCUT2D eigenvalue weighted by Gasteiger charge is 2.39. The van der Waals surface area contributed by atoms with Crippen molar-refractivity contribution in [2.24, 2.45) is 5.41 Å². The molecule has 1 N–H and O–H groups in total. The number of carboxylic acid groups (broad SMARTS) is 1. The lowest BCUT2D eigenvalue weighted by molar-refractivity contribution is -0.384. The number of aliphatic carboxylic acids is 1. The van der Waals surface area contributed by atoms with Gasteiger partial charge >= 0.3 is 5.97 Å². The van der Waals surface area contributed by atoms with E-state index in [0.717, 1.165) is 25.9 Å². The van der Waals surface area contributed by atoms with E-state index in [0.29, 0.717) is 25.1 Å². The summed E-state index contributed by atoms with van der Waals surface area (Å²) in [6.07, 6.45) is 3.11. The quantitative estimate of drug-likeness (QED) is 0.653. The molecule has 1 unspecified atom stereocenters. The number of carboxylic acids is 1. The summed E-state index contributed by atoms with van der Waals surface area (Å²) in [4.78, 5) is 38.8. The largest absolute Gasteiger partial charge is 0.481 e. The van der Waals surface area contributed by atoms with Crippen molar-refractivity contribution >= 4 is 23.3 Å². The molecule has 8 heteroatoms. The van der Waals surface area contributed by atoms with E-state index >= 15 is 0 Å². The Morgan fingerprint density at radius 2 is 1.88 bits per heavy atom. The second-order valence-electron chi connectivity index (χ2n) is 7.35. The highest BCUT2D eigenvalue weighted by Crippen LogP contribution is 2.34. The smallest absolute Gasteiger partial charge is 0.311 e. The van der Waals surface area contributed by atoms with Gasteiger partial charge in [0.25, 0.3) is 11.6 Å². The first kappa shape index (κ1) is 18.2. The Labute approximate surface area is 151 Å². The van der Waals surface area contributed by atoms with Gasteiger partial charge in [0.1, 0.15) is 5.69 Å². The van der Waals surface area contributed by atoms with E-state index in [1.165, 1.54) is 11.0 Å². The lowest BCUT2D eigenvalue weighted by atomic mass is 9.82. The molecule has 2 heterocycles. The Hall–Kier alpha value is -2.64. The number of rotatable bonds is 4. The van der Waals surface area contributed by atoms with Crippen LogP contribution in [-0.2, 0) is 4.79 Å². The van der Waals surface area contributed by atoms with Crippen molar-refractivity contribution in [1.29, 1.82) is 0 Å². The van der Waals surface area contributed by atoms with Crippen LogP contribution in [0.2, 0.25) is 0 Å². The van der Waals surface area contributed by atoms with Gasteiger partial charge < -0.3 is 14.9 Å². The van der Waals surface area contributed by atoms with Gasteiger partial charge in [-0.15, -0.1) is 0 Å². The molecule has 1 aromatic carbocycles. The first-order valence-corrected chi connectivity index (χ1v) is 8.88. The molecule has 1 atom stereocenters. The average molecular weight is 361 g/mol. The van der Waals surface area contributed by atoms with Gasteiger partial charge in [-0.05, 0) is 44.7 Å². The first-order chi connectivity index (χ1) is 12.3. The molecule has 0 spiro atoms. The highest BCUT2D eigenvalue weighted by molar-refractivity contribution is 5.96. The fraction of sp³-hybridized carbons (Fsp3) is 0.556. The van der Waals surface area contributed by atoms with Crippen LogP contribution in [0.15, 0.2) is 18.2 Å². The summed E-state index contributed by atoms with van der Waals surface area (Å²) in [6.45, 7) is 3.76. The van der Waals surface area contributed by atoms with Crippen LogP contribution in [0.3, 0.4) is 0 Å². The van der Waals surface area contributed by atoms with Gasteiger partial charge in [-0.3, -0.25) is 19.7 Å². The molecular weight excluding hydrogens is 338 g/mol. The molecule has 0 aromatic heterocycles. The molecule has 0 bridgehead atoms. The summed E-state index contributed by atoms with van der Waals surface area (Å²) in [5.41, 5.74) is -0.280. The maximum atomic E-state index is 12.8. The molecule has 0 saturated carbocycles. The number of piperidine rings is 1. The van der Waals surface area contributed by atoms with Crippen molar-refractivity contribution in [3.8, 4) is 0 Å². The minimum atomic E-state index is -0.977. The van der Waals surface area contributed by atoms with Crippen molar-refractivity contribution in [2.45, 2.75) is 32.6 Å². The second-order valence-corrected chi connectivity index (χ2v) is 7.35. The standard InChI is InChI=1S/C18H23N3O5/c1-18(17(23)24)7-4-10-20(12-18)16(22)13-5-6-14(15(11-13)21(25)26)19-8-2-3-9-19/h5-6,11H,2-4,7-10,12H2,1H3,(H,23,24). The third-order valence-electron chi connectivity index (χ3n) is 5.37. The van der Waals surface area contributed by atoms with Crippen LogP contribution >= 0.6 is 0 Å². The van der Waals surface area contributed by atoms with Crippen molar-refractivity contribution in [2.75, 3.05) is 31.1 Å². The third-order valence-corrected chi connectivity index (χ3v) is 5.37. The number of benzene rings is 1. The number of nitro groups is 1. The van der Waals surface area contributed by atoms with Crippen molar-refractivity contribution in [3.05, 3.63) is 33.9 Å². The van der Waals surface area contributed by atoms with Gasteiger partial charge in [0.15, 0.2) is 0 Å². The molecule has 0 aliphatic carbocycles. The van der Waals surface area contributed by atoms with Crippen LogP contribution in [0.25, 0.3) is 0 Å². The molecule has 2 saturated heterocycles. The zero-order valence-electron chi connectivity index (χ0n) is 14.8. The van der Waals surface area contributed by atoms with E-state index in [1.807, 2.05) is 4.90 Å². The molecule has 2 fully saturated rings. The Balaban J connectivity index is 1.86. The lowest BCUT2D eigenvalue weighted by Gasteiger charge is -2.37. The number of anilines is 1. The predicted molar refractivity (Wildman–Crippen MR) is 95.4 cm³/mol. The third kappa shape index (κ3) is 3.36. The van der Waals surface area contributed by atoms with Crippen LogP contribution in [0.4, 0.5) is 11.4 Å². The second kappa shape index (κ2) is 6.93. The van der Waals surface area contributed by atoms with Crippen molar-refractivity contribution in [3.63, 3.8) is 0 Å². The minimum Gasteiger partial charge on any atom is -0.481 e. The van der Waals surface area contributed by atoms with Crippen LogP contribution in [0.5, 0.6) is 0 Å².